The number of benzene rings is 1. The lowest BCUT2D eigenvalue weighted by atomic mass is 10.1. The largest absolute Gasteiger partial charge is 0.397 e. The molecule has 0 bridgehead atoms. The van der Waals surface area contributed by atoms with E-state index >= 15 is 0 Å². The first-order chi connectivity index (χ1) is 7.74. The Balaban J connectivity index is 2.52. The Labute approximate surface area is 94.3 Å². The first kappa shape index (κ1) is 10.7. The lowest BCUT2D eigenvalue weighted by molar-refractivity contribution is 0.304. The highest BCUT2D eigenvalue weighted by atomic mass is 16.3. The molecule has 0 aliphatic heterocycles. The van der Waals surface area contributed by atoms with E-state index in [9.17, 15) is 0 Å². The van der Waals surface area contributed by atoms with Crippen LogP contribution in [0.15, 0.2) is 30.6 Å². The zero-order chi connectivity index (χ0) is 11.5. The number of nitrogens with zero attached hydrogens (tertiary/aromatic N) is 2. The van der Waals surface area contributed by atoms with E-state index in [1.807, 2.05) is 30.1 Å². The van der Waals surface area contributed by atoms with E-state index in [2.05, 4.69) is 4.98 Å². The van der Waals surface area contributed by atoms with E-state index in [0.717, 1.165) is 22.1 Å². The monoisotopic (exact) mass is 217 g/mol. The van der Waals surface area contributed by atoms with Crippen molar-refractivity contribution >= 4 is 22.1 Å². The third-order valence-electron chi connectivity index (χ3n) is 2.69. The summed E-state index contributed by atoms with van der Waals surface area (Å²) >= 11 is 0. The topological polar surface area (TPSA) is 62.4 Å². The predicted octanol–water partition coefficient (Wildman–Crippen LogP) is 1.25. The normalized spacial score (nSPS) is 10.6. The number of aromatic nitrogens is 1. The molecule has 3 N–H and O–H groups in total. The average Bonchev–Trinajstić information content (AvgIpc) is 2.30. The Kier molecular flexibility index (Phi) is 2.92. The minimum atomic E-state index is 0.115. The highest BCUT2D eigenvalue weighted by molar-refractivity contribution is 5.98. The predicted molar refractivity (Wildman–Crippen MR) is 66.5 cm³/mol. The number of aliphatic hydroxyl groups is 1. The molecule has 2 rings (SSSR count). The number of likely N-dealkylation sites (N-methyl/N-ethyl adjacent to an activating group) is 1. The number of hydrogen-bond donors (Lipinski definition) is 2. The molecule has 4 nitrogen and oxygen atoms in total. The van der Waals surface area contributed by atoms with Crippen molar-refractivity contribution < 1.29 is 5.11 Å². The SMILES string of the molecule is CN(CCO)c1ccc2cnccc2c1N. The van der Waals surface area contributed by atoms with Crippen LogP contribution in [0.25, 0.3) is 10.8 Å². The fraction of sp³-hybridized carbons (Fsp3) is 0.250. The number of hydrogen-bond acceptors (Lipinski definition) is 4. The highest BCUT2D eigenvalue weighted by Gasteiger charge is 2.07. The van der Waals surface area contributed by atoms with Crippen molar-refractivity contribution in [3.8, 4) is 0 Å². The molecule has 0 fully saturated rings. The highest BCUT2D eigenvalue weighted by Crippen LogP contribution is 2.29. The summed E-state index contributed by atoms with van der Waals surface area (Å²) in [7, 11) is 1.91. The van der Waals surface area contributed by atoms with Gasteiger partial charge in [0.15, 0.2) is 0 Å². The van der Waals surface area contributed by atoms with Gasteiger partial charge < -0.3 is 15.7 Å². The van der Waals surface area contributed by atoms with Crippen molar-refractivity contribution in [3.05, 3.63) is 30.6 Å². The second-order valence-electron chi connectivity index (χ2n) is 3.74. The molecule has 0 aliphatic carbocycles. The lowest BCUT2D eigenvalue weighted by Gasteiger charge is -2.20. The lowest BCUT2D eigenvalue weighted by Crippen LogP contribution is -2.22. The van der Waals surface area contributed by atoms with Crippen LogP contribution < -0.4 is 10.6 Å². The molecule has 4 heteroatoms. The molecular formula is C12H15N3O. The standard InChI is InChI=1S/C12H15N3O/c1-15(6-7-16)11-3-2-9-8-14-5-4-10(9)12(11)13/h2-5,8,16H,6-7,13H2,1H3. The first-order valence-corrected chi connectivity index (χ1v) is 5.18. The fourth-order valence-electron chi connectivity index (χ4n) is 1.78. The Morgan fingerprint density at radius 3 is 2.94 bits per heavy atom. The molecule has 0 saturated carbocycles. The van der Waals surface area contributed by atoms with Crippen molar-refractivity contribution in [2.24, 2.45) is 0 Å². The zero-order valence-electron chi connectivity index (χ0n) is 9.22. The van der Waals surface area contributed by atoms with E-state index in [4.69, 9.17) is 10.8 Å². The van der Waals surface area contributed by atoms with Crippen LogP contribution in [0.4, 0.5) is 11.4 Å². The molecule has 84 valence electrons. The third-order valence-corrected chi connectivity index (χ3v) is 2.69. The van der Waals surface area contributed by atoms with Crippen LogP contribution >= 0.6 is 0 Å². The van der Waals surface area contributed by atoms with Gasteiger partial charge in [0.1, 0.15) is 0 Å². The van der Waals surface area contributed by atoms with Gasteiger partial charge in [-0.15, -0.1) is 0 Å². The van der Waals surface area contributed by atoms with Gasteiger partial charge in [-0.05, 0) is 12.1 Å². The summed E-state index contributed by atoms with van der Waals surface area (Å²) in [5, 5.41) is 10.9. The van der Waals surface area contributed by atoms with Crippen LogP contribution in [0.3, 0.4) is 0 Å². The van der Waals surface area contributed by atoms with E-state index in [1.54, 1.807) is 12.4 Å². The maximum Gasteiger partial charge on any atom is 0.0632 e. The molecule has 16 heavy (non-hydrogen) atoms. The van der Waals surface area contributed by atoms with Gasteiger partial charge in [0.25, 0.3) is 0 Å². The summed E-state index contributed by atoms with van der Waals surface area (Å²) in [5.74, 6) is 0. The number of pyridine rings is 1. The smallest absolute Gasteiger partial charge is 0.0632 e. The van der Waals surface area contributed by atoms with E-state index < -0.39 is 0 Å². The molecular weight excluding hydrogens is 202 g/mol. The maximum absolute atomic E-state index is 8.91. The Hall–Kier alpha value is -1.81. The van der Waals surface area contributed by atoms with Crippen LogP contribution in [0.1, 0.15) is 0 Å². The molecule has 0 radical (unpaired) electrons. The van der Waals surface area contributed by atoms with Gasteiger partial charge in [-0.25, -0.2) is 0 Å². The van der Waals surface area contributed by atoms with Gasteiger partial charge in [0.05, 0.1) is 18.0 Å². The van der Waals surface area contributed by atoms with Crippen LogP contribution in [0.5, 0.6) is 0 Å². The molecule has 1 aromatic heterocycles. The van der Waals surface area contributed by atoms with Crippen molar-refractivity contribution in [1.29, 1.82) is 0 Å². The first-order valence-electron chi connectivity index (χ1n) is 5.18. The number of nitrogens with two attached hydrogens (primary N) is 1. The average molecular weight is 217 g/mol. The number of nitrogen functional groups attached to an aromatic ring is 1. The number of rotatable bonds is 3. The molecule has 0 atom stereocenters. The number of fused-ring (bicyclic) bond motifs is 1. The summed E-state index contributed by atoms with van der Waals surface area (Å²) in [5.41, 5.74) is 7.77. The van der Waals surface area contributed by atoms with Gasteiger partial charge in [0.2, 0.25) is 0 Å². The molecule has 0 unspecified atom stereocenters. The summed E-state index contributed by atoms with van der Waals surface area (Å²) in [4.78, 5) is 6.00. The Morgan fingerprint density at radius 2 is 2.19 bits per heavy atom. The molecule has 0 saturated heterocycles. The quantitative estimate of drug-likeness (QED) is 0.759. The number of aliphatic hydroxyl groups excluding tert-OH is 1. The summed E-state index contributed by atoms with van der Waals surface area (Å²) in [6, 6.07) is 5.85. The minimum Gasteiger partial charge on any atom is -0.397 e. The number of anilines is 2. The molecule has 1 heterocycles. The Bertz CT molecular complexity index is 499. The second-order valence-corrected chi connectivity index (χ2v) is 3.74. The summed E-state index contributed by atoms with van der Waals surface area (Å²) in [6.45, 7) is 0.686. The van der Waals surface area contributed by atoms with Gasteiger partial charge >= 0.3 is 0 Å². The van der Waals surface area contributed by atoms with Crippen molar-refractivity contribution in [3.63, 3.8) is 0 Å². The van der Waals surface area contributed by atoms with Gasteiger partial charge in [0, 0.05) is 36.8 Å². The van der Waals surface area contributed by atoms with E-state index in [-0.39, 0.29) is 6.61 Å². The second kappa shape index (κ2) is 4.37. The van der Waals surface area contributed by atoms with Crippen molar-refractivity contribution in [2.75, 3.05) is 30.8 Å². The minimum absolute atomic E-state index is 0.115. The third kappa shape index (κ3) is 1.79. The molecule has 2 aromatic rings. The fourth-order valence-corrected chi connectivity index (χ4v) is 1.78. The van der Waals surface area contributed by atoms with Crippen LogP contribution in [-0.4, -0.2) is 30.3 Å². The van der Waals surface area contributed by atoms with Gasteiger partial charge in [-0.1, -0.05) is 6.07 Å². The molecule has 0 spiro atoms. The summed E-state index contributed by atoms with van der Waals surface area (Å²) < 4.78 is 0. The van der Waals surface area contributed by atoms with Gasteiger partial charge in [-0.3, -0.25) is 4.98 Å². The zero-order valence-corrected chi connectivity index (χ0v) is 9.22. The van der Waals surface area contributed by atoms with Crippen LogP contribution in [0.2, 0.25) is 0 Å². The van der Waals surface area contributed by atoms with Crippen molar-refractivity contribution in [2.45, 2.75) is 0 Å². The van der Waals surface area contributed by atoms with Gasteiger partial charge in [-0.2, -0.15) is 0 Å². The van der Waals surface area contributed by atoms with Crippen molar-refractivity contribution in [1.82, 2.24) is 4.98 Å². The molecule has 0 aliphatic rings. The van der Waals surface area contributed by atoms with E-state index in [0.29, 0.717) is 6.54 Å². The van der Waals surface area contributed by atoms with Crippen LogP contribution in [0, 0.1) is 0 Å². The Morgan fingerprint density at radius 1 is 1.38 bits per heavy atom. The molecule has 1 aromatic carbocycles. The maximum atomic E-state index is 8.91. The van der Waals surface area contributed by atoms with Crippen LogP contribution in [-0.2, 0) is 0 Å². The van der Waals surface area contributed by atoms with E-state index in [1.165, 1.54) is 0 Å². The molecule has 0 amide bonds. The summed E-state index contributed by atoms with van der Waals surface area (Å²) in [6.07, 6.45) is 3.52.